The van der Waals surface area contributed by atoms with E-state index in [1.807, 2.05) is 30.3 Å². The first-order chi connectivity index (χ1) is 13.7. The normalized spacial score (nSPS) is 11.2. The summed E-state index contributed by atoms with van der Waals surface area (Å²) in [4.78, 5) is 0. The minimum atomic E-state index is -0.0720. The van der Waals surface area contributed by atoms with Crippen LogP contribution in [0.5, 0.6) is 5.75 Å². The fourth-order valence-electron chi connectivity index (χ4n) is 2.61. The number of rotatable bonds is 11. The van der Waals surface area contributed by atoms with Gasteiger partial charge in [0.15, 0.2) is 0 Å². The molecule has 0 aliphatic carbocycles. The Kier molecular flexibility index (Phi) is 8.65. The molecular formula is C21H30N6O. The molecule has 1 heterocycles. The second kappa shape index (κ2) is 11.5. The molecule has 0 amide bonds. The van der Waals surface area contributed by atoms with Gasteiger partial charge in [0.05, 0.1) is 12.3 Å². The molecule has 7 nitrogen and oxygen atoms in total. The maximum absolute atomic E-state index is 6.04. The van der Waals surface area contributed by atoms with Gasteiger partial charge in [-0.3, -0.25) is 4.57 Å². The minimum Gasteiger partial charge on any atom is -0.491 e. The third-order valence-electron chi connectivity index (χ3n) is 3.92. The number of nitrogens with two attached hydrogens (primary N) is 2. The summed E-state index contributed by atoms with van der Waals surface area (Å²) in [6.07, 6.45) is 8.44. The third-order valence-corrected chi connectivity index (χ3v) is 3.92. The van der Waals surface area contributed by atoms with Crippen LogP contribution in [0.15, 0.2) is 52.7 Å². The third kappa shape index (κ3) is 6.19. The van der Waals surface area contributed by atoms with Crippen LogP contribution in [0.25, 0.3) is 11.8 Å². The Morgan fingerprint density at radius 3 is 2.71 bits per heavy atom. The summed E-state index contributed by atoms with van der Waals surface area (Å²) in [5.74, 6) is 1.79. The van der Waals surface area contributed by atoms with E-state index in [1.165, 1.54) is 0 Å². The van der Waals surface area contributed by atoms with Crippen molar-refractivity contribution in [3.63, 3.8) is 0 Å². The van der Waals surface area contributed by atoms with E-state index in [1.54, 1.807) is 12.3 Å². The summed E-state index contributed by atoms with van der Waals surface area (Å²) >= 11 is 0. The van der Waals surface area contributed by atoms with Gasteiger partial charge in [0.2, 0.25) is 5.96 Å². The average molecular weight is 383 g/mol. The van der Waals surface area contributed by atoms with Gasteiger partial charge in [0.1, 0.15) is 11.6 Å². The van der Waals surface area contributed by atoms with Crippen molar-refractivity contribution in [1.82, 2.24) is 4.57 Å². The monoisotopic (exact) mass is 382 g/mol. The van der Waals surface area contributed by atoms with Crippen molar-refractivity contribution in [2.75, 3.05) is 18.5 Å². The molecule has 2 rings (SSSR count). The lowest BCUT2D eigenvalue weighted by Gasteiger charge is -2.17. The van der Waals surface area contributed by atoms with E-state index in [2.05, 4.69) is 46.1 Å². The highest BCUT2D eigenvalue weighted by Crippen LogP contribution is 2.29. The van der Waals surface area contributed by atoms with Crippen LogP contribution in [0.2, 0.25) is 0 Å². The molecule has 28 heavy (non-hydrogen) atoms. The first-order valence-electron chi connectivity index (χ1n) is 9.63. The fourth-order valence-corrected chi connectivity index (χ4v) is 2.61. The zero-order chi connectivity index (χ0) is 20.2. The molecule has 0 saturated carbocycles. The van der Waals surface area contributed by atoms with Gasteiger partial charge < -0.3 is 21.5 Å². The first kappa shape index (κ1) is 21.1. The van der Waals surface area contributed by atoms with Crippen molar-refractivity contribution in [3.05, 3.63) is 48.2 Å². The summed E-state index contributed by atoms with van der Waals surface area (Å²) in [5.41, 5.74) is 12.5. The summed E-state index contributed by atoms with van der Waals surface area (Å²) in [6.45, 7) is 5.88. The lowest BCUT2D eigenvalue weighted by atomic mass is 10.2. The number of hydrogen-bond donors (Lipinski definition) is 3. The van der Waals surface area contributed by atoms with Gasteiger partial charge in [-0.05, 0) is 49.3 Å². The summed E-state index contributed by atoms with van der Waals surface area (Å²) in [5, 5.41) is 10.9. The summed E-state index contributed by atoms with van der Waals surface area (Å²) < 4.78 is 8.18. The number of nitrogens with one attached hydrogen (secondary N) is 1. The number of hydrogen-bond acceptors (Lipinski definition) is 4. The lowest BCUT2D eigenvalue weighted by molar-refractivity contribution is 0.308. The number of benzene rings is 1. The van der Waals surface area contributed by atoms with Gasteiger partial charge in [-0.1, -0.05) is 32.4 Å². The van der Waals surface area contributed by atoms with Gasteiger partial charge in [-0.2, -0.15) is 5.10 Å². The molecule has 2 aromatic rings. The number of aromatic nitrogens is 1. The Morgan fingerprint density at radius 2 is 1.96 bits per heavy atom. The molecule has 7 heteroatoms. The van der Waals surface area contributed by atoms with E-state index in [-0.39, 0.29) is 5.96 Å². The van der Waals surface area contributed by atoms with E-state index in [9.17, 15) is 0 Å². The van der Waals surface area contributed by atoms with Crippen molar-refractivity contribution < 1.29 is 4.74 Å². The SMILES string of the molecule is CCCCOc1ccccc1-n1c(/C=C/C=N/N=C(N)N)ccc1NCCC. The molecule has 0 spiro atoms. The smallest absolute Gasteiger partial charge is 0.211 e. The van der Waals surface area contributed by atoms with Crippen molar-refractivity contribution in [2.24, 2.45) is 21.7 Å². The fraction of sp³-hybridized carbons (Fsp3) is 0.333. The number of ether oxygens (including phenoxy) is 1. The molecule has 0 atom stereocenters. The molecule has 1 aromatic heterocycles. The van der Waals surface area contributed by atoms with Crippen LogP contribution < -0.4 is 21.5 Å². The standard InChI is InChI=1S/C21H30N6O/c1-3-5-16-28-19-11-7-6-10-18(19)27-17(9-8-15-25-26-21(22)23)12-13-20(27)24-14-4-2/h6-13,15,24H,3-5,14,16H2,1-2H3,(H4,22,23,26)/b9-8+,25-15+. The van der Waals surface area contributed by atoms with Crippen molar-refractivity contribution in [2.45, 2.75) is 33.1 Å². The van der Waals surface area contributed by atoms with E-state index in [4.69, 9.17) is 16.2 Å². The molecule has 0 aliphatic rings. The number of unbranched alkanes of at least 4 members (excludes halogenated alkanes) is 1. The van der Waals surface area contributed by atoms with Crippen LogP contribution in [0.4, 0.5) is 5.82 Å². The van der Waals surface area contributed by atoms with Crippen molar-refractivity contribution >= 4 is 24.1 Å². The van der Waals surface area contributed by atoms with Gasteiger partial charge in [0.25, 0.3) is 0 Å². The maximum Gasteiger partial charge on any atom is 0.211 e. The summed E-state index contributed by atoms with van der Waals surface area (Å²) in [7, 11) is 0. The van der Waals surface area contributed by atoms with Crippen LogP contribution in [0.1, 0.15) is 38.8 Å². The number of anilines is 1. The number of allylic oxidation sites excluding steroid dienone is 1. The van der Waals surface area contributed by atoms with Gasteiger partial charge in [-0.25, -0.2) is 0 Å². The van der Waals surface area contributed by atoms with Crippen molar-refractivity contribution in [3.8, 4) is 11.4 Å². The highest BCUT2D eigenvalue weighted by Gasteiger charge is 2.12. The predicted molar refractivity (Wildman–Crippen MR) is 118 cm³/mol. The quantitative estimate of drug-likeness (QED) is 0.238. The Bertz CT molecular complexity index is 818. The highest BCUT2D eigenvalue weighted by molar-refractivity contribution is 5.80. The number of nitrogens with zero attached hydrogens (tertiary/aromatic N) is 3. The van der Waals surface area contributed by atoms with E-state index >= 15 is 0 Å². The molecule has 5 N–H and O–H groups in total. The molecule has 0 saturated heterocycles. The Balaban J connectivity index is 2.37. The van der Waals surface area contributed by atoms with E-state index < -0.39 is 0 Å². The zero-order valence-electron chi connectivity index (χ0n) is 16.6. The maximum atomic E-state index is 6.04. The Labute approximate surface area is 166 Å². The Morgan fingerprint density at radius 1 is 1.14 bits per heavy atom. The van der Waals surface area contributed by atoms with Crippen LogP contribution in [0, 0.1) is 0 Å². The molecule has 0 fully saturated rings. The minimum absolute atomic E-state index is 0.0720. The van der Waals surface area contributed by atoms with Crippen LogP contribution in [-0.4, -0.2) is 29.9 Å². The molecule has 0 radical (unpaired) electrons. The molecule has 150 valence electrons. The topological polar surface area (TPSA) is 103 Å². The second-order valence-corrected chi connectivity index (χ2v) is 6.22. The van der Waals surface area contributed by atoms with Gasteiger partial charge in [-0.15, -0.1) is 5.10 Å². The average Bonchev–Trinajstić information content (AvgIpc) is 3.09. The van der Waals surface area contributed by atoms with Gasteiger partial charge >= 0.3 is 0 Å². The molecular weight excluding hydrogens is 352 g/mol. The largest absolute Gasteiger partial charge is 0.491 e. The molecule has 0 aliphatic heterocycles. The zero-order valence-corrected chi connectivity index (χ0v) is 16.6. The lowest BCUT2D eigenvalue weighted by Crippen LogP contribution is -2.21. The predicted octanol–water partition coefficient (Wildman–Crippen LogP) is 3.75. The first-order valence-corrected chi connectivity index (χ1v) is 9.63. The van der Waals surface area contributed by atoms with Crippen molar-refractivity contribution in [1.29, 1.82) is 0 Å². The molecule has 1 aromatic carbocycles. The molecule has 0 bridgehead atoms. The van der Waals surface area contributed by atoms with Gasteiger partial charge in [0, 0.05) is 18.5 Å². The van der Waals surface area contributed by atoms with Crippen LogP contribution in [0.3, 0.4) is 0 Å². The van der Waals surface area contributed by atoms with E-state index in [0.717, 1.165) is 48.8 Å². The number of para-hydroxylation sites is 2. The Hall–Kier alpha value is -3.22. The number of guanidine groups is 1. The van der Waals surface area contributed by atoms with Crippen LogP contribution >= 0.6 is 0 Å². The van der Waals surface area contributed by atoms with Crippen LogP contribution in [-0.2, 0) is 0 Å². The van der Waals surface area contributed by atoms with E-state index in [0.29, 0.717) is 6.61 Å². The summed E-state index contributed by atoms with van der Waals surface area (Å²) in [6, 6.07) is 12.2. The molecule has 0 unspecified atom stereocenters. The highest BCUT2D eigenvalue weighted by atomic mass is 16.5. The second-order valence-electron chi connectivity index (χ2n) is 6.22.